The van der Waals surface area contributed by atoms with Crippen LogP contribution in [0.1, 0.15) is 29.3 Å². The van der Waals surface area contributed by atoms with Gasteiger partial charge in [0, 0.05) is 33.8 Å². The number of ether oxygens (including phenoxy) is 2. The summed E-state index contributed by atoms with van der Waals surface area (Å²) in [6, 6.07) is 4.34. The smallest absolute Gasteiger partial charge is 0.127 e. The van der Waals surface area contributed by atoms with Gasteiger partial charge in [-0.25, -0.2) is 0 Å². The van der Waals surface area contributed by atoms with Crippen molar-refractivity contribution in [1.29, 1.82) is 0 Å². The van der Waals surface area contributed by atoms with Gasteiger partial charge in [-0.05, 0) is 31.0 Å². The molecule has 4 heteroatoms. The predicted molar refractivity (Wildman–Crippen MR) is 78.5 cm³/mol. The molecule has 3 atom stereocenters. The normalized spacial score (nSPS) is 27.9. The van der Waals surface area contributed by atoms with E-state index in [1.54, 1.807) is 0 Å². The van der Waals surface area contributed by atoms with Crippen molar-refractivity contribution in [1.82, 2.24) is 0 Å². The molecule has 0 aliphatic carbocycles. The molecule has 1 aromatic carbocycles. The number of hydrogen-bond acceptors (Lipinski definition) is 2. The van der Waals surface area contributed by atoms with Gasteiger partial charge in [0.2, 0.25) is 0 Å². The SMILES string of the molecule is CC1OCCC1C(Br)c1cc(Br)cc2c1OCC2. The van der Waals surface area contributed by atoms with Crippen molar-refractivity contribution in [2.45, 2.75) is 30.7 Å². The van der Waals surface area contributed by atoms with Gasteiger partial charge in [0.1, 0.15) is 5.75 Å². The van der Waals surface area contributed by atoms with Crippen molar-refractivity contribution in [3.05, 3.63) is 27.7 Å². The van der Waals surface area contributed by atoms with Crippen molar-refractivity contribution in [3.63, 3.8) is 0 Å². The minimum atomic E-state index is 0.305. The molecule has 0 spiro atoms. The monoisotopic (exact) mass is 374 g/mol. The van der Waals surface area contributed by atoms with Gasteiger partial charge < -0.3 is 9.47 Å². The Hall–Kier alpha value is -0.0600. The van der Waals surface area contributed by atoms with Gasteiger partial charge in [-0.2, -0.15) is 0 Å². The fraction of sp³-hybridized carbons (Fsp3) is 0.571. The summed E-state index contributed by atoms with van der Waals surface area (Å²) in [4.78, 5) is 0.305. The number of hydrogen-bond donors (Lipinski definition) is 0. The molecule has 0 amide bonds. The van der Waals surface area contributed by atoms with Crippen molar-refractivity contribution in [2.75, 3.05) is 13.2 Å². The zero-order chi connectivity index (χ0) is 12.7. The topological polar surface area (TPSA) is 18.5 Å². The summed E-state index contributed by atoms with van der Waals surface area (Å²) in [6.45, 7) is 3.82. The van der Waals surface area contributed by atoms with Crippen LogP contribution >= 0.6 is 31.9 Å². The zero-order valence-corrected chi connectivity index (χ0v) is 13.5. The lowest BCUT2D eigenvalue weighted by Crippen LogP contribution is -2.16. The van der Waals surface area contributed by atoms with Crippen molar-refractivity contribution >= 4 is 31.9 Å². The Morgan fingerprint density at radius 1 is 1.33 bits per heavy atom. The van der Waals surface area contributed by atoms with Crippen LogP contribution in [0.2, 0.25) is 0 Å². The van der Waals surface area contributed by atoms with Crippen LogP contribution in [0, 0.1) is 5.92 Å². The molecule has 1 aromatic rings. The minimum Gasteiger partial charge on any atom is -0.493 e. The first-order valence-corrected chi connectivity index (χ1v) is 8.08. The van der Waals surface area contributed by atoms with Gasteiger partial charge in [-0.1, -0.05) is 31.9 Å². The van der Waals surface area contributed by atoms with E-state index >= 15 is 0 Å². The highest BCUT2D eigenvalue weighted by Crippen LogP contribution is 2.46. The second-order valence-corrected chi connectivity index (χ2v) is 6.91. The first-order chi connectivity index (χ1) is 8.66. The lowest BCUT2D eigenvalue weighted by Gasteiger charge is -2.22. The van der Waals surface area contributed by atoms with E-state index in [4.69, 9.17) is 9.47 Å². The van der Waals surface area contributed by atoms with Crippen LogP contribution in [0.15, 0.2) is 16.6 Å². The maximum Gasteiger partial charge on any atom is 0.127 e. The molecule has 2 nitrogen and oxygen atoms in total. The van der Waals surface area contributed by atoms with E-state index in [1.165, 1.54) is 11.1 Å². The molecule has 98 valence electrons. The maximum atomic E-state index is 5.81. The fourth-order valence-electron chi connectivity index (χ4n) is 2.87. The van der Waals surface area contributed by atoms with Gasteiger partial charge in [0.15, 0.2) is 0 Å². The second-order valence-electron chi connectivity index (χ2n) is 5.01. The van der Waals surface area contributed by atoms with E-state index < -0.39 is 0 Å². The standard InChI is InChI=1S/C14H16Br2O2/c1-8-11(3-5-17-8)13(16)12-7-10(15)6-9-2-4-18-14(9)12/h6-8,11,13H,2-5H2,1H3. The third-order valence-electron chi connectivity index (χ3n) is 3.89. The summed E-state index contributed by atoms with van der Waals surface area (Å²) in [5.74, 6) is 1.60. The molecule has 0 radical (unpaired) electrons. The van der Waals surface area contributed by atoms with E-state index in [0.717, 1.165) is 36.3 Å². The highest BCUT2D eigenvalue weighted by molar-refractivity contribution is 9.10. The second kappa shape index (κ2) is 5.14. The Balaban J connectivity index is 1.96. The lowest BCUT2D eigenvalue weighted by atomic mass is 9.92. The molecule has 18 heavy (non-hydrogen) atoms. The maximum absolute atomic E-state index is 5.81. The van der Waals surface area contributed by atoms with Crippen LogP contribution in [0.3, 0.4) is 0 Å². The molecule has 0 aromatic heterocycles. The molecule has 3 rings (SSSR count). The van der Waals surface area contributed by atoms with Gasteiger partial charge in [-0.3, -0.25) is 0 Å². The highest BCUT2D eigenvalue weighted by atomic mass is 79.9. The molecule has 2 aliphatic heterocycles. The van der Waals surface area contributed by atoms with E-state index in [2.05, 4.69) is 50.9 Å². The van der Waals surface area contributed by atoms with Crippen LogP contribution in [-0.4, -0.2) is 19.3 Å². The van der Waals surface area contributed by atoms with Crippen LogP contribution < -0.4 is 4.74 Å². The third-order valence-corrected chi connectivity index (χ3v) is 5.52. The summed E-state index contributed by atoms with van der Waals surface area (Å²) >= 11 is 7.46. The number of fused-ring (bicyclic) bond motifs is 1. The first kappa shape index (κ1) is 12.9. The third kappa shape index (κ3) is 2.23. The van der Waals surface area contributed by atoms with E-state index in [9.17, 15) is 0 Å². The van der Waals surface area contributed by atoms with E-state index in [0.29, 0.717) is 16.8 Å². The summed E-state index contributed by atoms with van der Waals surface area (Å²) < 4.78 is 12.6. The first-order valence-electron chi connectivity index (χ1n) is 6.37. The Bertz CT molecular complexity index is 461. The zero-order valence-electron chi connectivity index (χ0n) is 10.3. The van der Waals surface area contributed by atoms with Crippen LogP contribution in [0.25, 0.3) is 0 Å². The average molecular weight is 376 g/mol. The molecule has 1 saturated heterocycles. The van der Waals surface area contributed by atoms with Crippen LogP contribution in [0.5, 0.6) is 5.75 Å². The Morgan fingerprint density at radius 3 is 2.89 bits per heavy atom. The minimum absolute atomic E-state index is 0.305. The fourth-order valence-corrected chi connectivity index (χ4v) is 4.42. The quantitative estimate of drug-likeness (QED) is 0.719. The summed E-state index contributed by atoms with van der Waals surface area (Å²) in [6.07, 6.45) is 2.43. The molecule has 0 bridgehead atoms. The van der Waals surface area contributed by atoms with Gasteiger partial charge in [0.05, 0.1) is 12.7 Å². The molecule has 2 aliphatic rings. The molecule has 3 unspecified atom stereocenters. The molecule has 2 heterocycles. The Kier molecular flexibility index (Phi) is 3.70. The molecule has 1 fully saturated rings. The molecule has 0 saturated carbocycles. The largest absolute Gasteiger partial charge is 0.493 e. The van der Waals surface area contributed by atoms with Crippen LogP contribution in [-0.2, 0) is 11.2 Å². The lowest BCUT2D eigenvalue weighted by molar-refractivity contribution is 0.105. The van der Waals surface area contributed by atoms with Gasteiger partial charge in [0.25, 0.3) is 0 Å². The molecular formula is C14H16Br2O2. The number of benzene rings is 1. The predicted octanol–water partition coefficient (Wildman–Crippen LogP) is 4.25. The van der Waals surface area contributed by atoms with Crippen LogP contribution in [0.4, 0.5) is 0 Å². The van der Waals surface area contributed by atoms with Crippen molar-refractivity contribution in [2.24, 2.45) is 5.92 Å². The Labute approximate surface area is 124 Å². The van der Waals surface area contributed by atoms with Crippen molar-refractivity contribution in [3.8, 4) is 5.75 Å². The highest BCUT2D eigenvalue weighted by Gasteiger charge is 2.34. The number of halogens is 2. The van der Waals surface area contributed by atoms with Gasteiger partial charge in [-0.15, -0.1) is 0 Å². The molecule has 0 N–H and O–H groups in total. The number of rotatable bonds is 2. The molecular weight excluding hydrogens is 360 g/mol. The summed E-state index contributed by atoms with van der Waals surface area (Å²) in [5, 5.41) is 0. The van der Waals surface area contributed by atoms with Gasteiger partial charge >= 0.3 is 0 Å². The van der Waals surface area contributed by atoms with E-state index in [1.807, 2.05) is 0 Å². The average Bonchev–Trinajstić information content (AvgIpc) is 2.95. The van der Waals surface area contributed by atoms with Crippen molar-refractivity contribution < 1.29 is 9.47 Å². The summed E-state index contributed by atoms with van der Waals surface area (Å²) in [7, 11) is 0. The van der Waals surface area contributed by atoms with E-state index in [-0.39, 0.29) is 0 Å². The Morgan fingerprint density at radius 2 is 2.17 bits per heavy atom. The summed E-state index contributed by atoms with van der Waals surface area (Å²) in [5.41, 5.74) is 2.58. The number of alkyl halides is 1.